The Hall–Kier alpha value is -1.56. The first kappa shape index (κ1) is 14.8. The third-order valence-corrected chi connectivity index (χ3v) is 4.82. The number of allylic oxidation sites excluding steroid dienone is 5. The maximum atomic E-state index is 3.72. The molecule has 1 aliphatic rings. The second kappa shape index (κ2) is 7.28. The van der Waals surface area contributed by atoms with Crippen LogP contribution in [-0.4, -0.2) is 0 Å². The quantitative estimate of drug-likeness (QED) is 0.610. The highest BCUT2D eigenvalue weighted by atomic mass is 14.4. The summed E-state index contributed by atoms with van der Waals surface area (Å²) in [6.07, 6.45) is 12.1. The molecule has 1 aromatic carbocycles. The van der Waals surface area contributed by atoms with Crippen molar-refractivity contribution in [2.24, 2.45) is 17.8 Å². The van der Waals surface area contributed by atoms with Crippen LogP contribution in [0.1, 0.15) is 32.3 Å². The molecule has 1 aliphatic carbocycles. The first-order valence-corrected chi connectivity index (χ1v) is 7.74. The fourth-order valence-electron chi connectivity index (χ4n) is 3.26. The third-order valence-electron chi connectivity index (χ3n) is 4.82. The fourth-order valence-corrected chi connectivity index (χ4v) is 3.26. The summed E-state index contributed by atoms with van der Waals surface area (Å²) in [6, 6.07) is 10.9. The molecule has 1 fully saturated rings. The van der Waals surface area contributed by atoms with Crippen LogP contribution in [0, 0.1) is 17.8 Å². The molecule has 1 aromatic rings. The topological polar surface area (TPSA) is 0 Å². The van der Waals surface area contributed by atoms with Gasteiger partial charge in [-0.25, -0.2) is 0 Å². The maximum Gasteiger partial charge on any atom is -0.0200 e. The van der Waals surface area contributed by atoms with E-state index in [9.17, 15) is 0 Å². The van der Waals surface area contributed by atoms with Crippen LogP contribution in [0.5, 0.6) is 0 Å². The summed E-state index contributed by atoms with van der Waals surface area (Å²) in [5.41, 5.74) is 3.07. The zero-order chi connectivity index (χ0) is 14.4. The molecule has 0 heterocycles. The van der Waals surface area contributed by atoms with E-state index < -0.39 is 0 Å². The standard InChI is InChI=1S/C20H26/c1-4-5-7-12-19-15-20(17(3)16(19)2)14-13-18-10-8-6-9-11-18/h4-12,16-17,20H,1,13-15H2,2-3H3/b7-5-,19-12-. The average Bonchev–Trinajstić information content (AvgIpc) is 2.75. The Labute approximate surface area is 123 Å². The fraction of sp³-hybridized carbons (Fsp3) is 0.400. The molecule has 3 unspecified atom stereocenters. The Kier molecular flexibility index (Phi) is 5.40. The maximum absolute atomic E-state index is 3.72. The minimum Gasteiger partial charge on any atom is -0.0991 e. The highest BCUT2D eigenvalue weighted by Crippen LogP contribution is 2.42. The van der Waals surface area contributed by atoms with Gasteiger partial charge >= 0.3 is 0 Å². The van der Waals surface area contributed by atoms with E-state index in [-0.39, 0.29) is 0 Å². The van der Waals surface area contributed by atoms with Gasteiger partial charge in [-0.15, -0.1) is 0 Å². The lowest BCUT2D eigenvalue weighted by molar-refractivity contribution is 0.344. The summed E-state index contributed by atoms with van der Waals surface area (Å²) >= 11 is 0. The van der Waals surface area contributed by atoms with E-state index in [2.05, 4.69) is 62.9 Å². The van der Waals surface area contributed by atoms with Crippen LogP contribution in [0.15, 0.2) is 66.8 Å². The first-order chi connectivity index (χ1) is 9.72. The smallest absolute Gasteiger partial charge is 0.0200 e. The van der Waals surface area contributed by atoms with Crippen molar-refractivity contribution in [3.05, 3.63) is 72.4 Å². The van der Waals surface area contributed by atoms with E-state index in [0.717, 1.165) is 11.8 Å². The molecule has 0 nitrogen and oxygen atoms in total. The van der Waals surface area contributed by atoms with Crippen LogP contribution in [0.3, 0.4) is 0 Å². The Morgan fingerprint density at radius 3 is 2.60 bits per heavy atom. The van der Waals surface area contributed by atoms with Gasteiger partial charge in [-0.1, -0.05) is 80.6 Å². The predicted molar refractivity (Wildman–Crippen MR) is 88.6 cm³/mol. The third kappa shape index (κ3) is 3.72. The lowest BCUT2D eigenvalue weighted by Crippen LogP contribution is -2.09. The summed E-state index contributed by atoms with van der Waals surface area (Å²) in [5.74, 6) is 2.33. The van der Waals surface area contributed by atoms with Crippen LogP contribution < -0.4 is 0 Å². The van der Waals surface area contributed by atoms with Gasteiger partial charge in [0.15, 0.2) is 0 Å². The highest BCUT2D eigenvalue weighted by Gasteiger charge is 2.32. The summed E-state index contributed by atoms with van der Waals surface area (Å²) in [7, 11) is 0. The Bertz CT molecular complexity index is 478. The molecule has 20 heavy (non-hydrogen) atoms. The number of aryl methyl sites for hydroxylation is 1. The molecule has 0 N–H and O–H groups in total. The van der Waals surface area contributed by atoms with Gasteiger partial charge in [0.05, 0.1) is 0 Å². The summed E-state index contributed by atoms with van der Waals surface area (Å²) in [6.45, 7) is 8.51. The first-order valence-electron chi connectivity index (χ1n) is 7.74. The van der Waals surface area contributed by atoms with Crippen LogP contribution in [0.2, 0.25) is 0 Å². The zero-order valence-electron chi connectivity index (χ0n) is 12.8. The van der Waals surface area contributed by atoms with Crippen LogP contribution in [0.25, 0.3) is 0 Å². The van der Waals surface area contributed by atoms with Crippen molar-refractivity contribution < 1.29 is 0 Å². The highest BCUT2D eigenvalue weighted by molar-refractivity contribution is 5.22. The molecule has 0 saturated heterocycles. The lowest BCUT2D eigenvalue weighted by atomic mass is 9.88. The van der Waals surface area contributed by atoms with Gasteiger partial charge in [0.25, 0.3) is 0 Å². The second-order valence-electron chi connectivity index (χ2n) is 6.00. The van der Waals surface area contributed by atoms with Crippen molar-refractivity contribution >= 4 is 0 Å². The SMILES string of the molecule is C=C/C=C\C=C1\CC(CCc2ccccc2)C(C)C1C. The van der Waals surface area contributed by atoms with E-state index in [1.807, 2.05) is 12.2 Å². The Morgan fingerprint density at radius 2 is 1.90 bits per heavy atom. The van der Waals surface area contributed by atoms with Crippen molar-refractivity contribution in [3.63, 3.8) is 0 Å². The molecule has 0 heteroatoms. The number of hydrogen-bond acceptors (Lipinski definition) is 0. The van der Waals surface area contributed by atoms with Gasteiger partial charge < -0.3 is 0 Å². The van der Waals surface area contributed by atoms with E-state index in [4.69, 9.17) is 0 Å². The number of hydrogen-bond donors (Lipinski definition) is 0. The largest absolute Gasteiger partial charge is 0.0991 e. The lowest BCUT2D eigenvalue weighted by Gasteiger charge is -2.17. The molecule has 106 valence electrons. The molecule has 2 rings (SSSR count). The zero-order valence-corrected chi connectivity index (χ0v) is 12.8. The molecule has 0 aliphatic heterocycles. The number of benzene rings is 1. The van der Waals surface area contributed by atoms with Crippen LogP contribution >= 0.6 is 0 Å². The minimum atomic E-state index is 0.713. The summed E-state index contributed by atoms with van der Waals surface area (Å²) in [4.78, 5) is 0. The second-order valence-corrected chi connectivity index (χ2v) is 6.00. The normalized spacial score (nSPS) is 28.3. The van der Waals surface area contributed by atoms with E-state index >= 15 is 0 Å². The molecular formula is C20H26. The Morgan fingerprint density at radius 1 is 1.15 bits per heavy atom. The van der Waals surface area contributed by atoms with Gasteiger partial charge in [-0.3, -0.25) is 0 Å². The molecule has 0 radical (unpaired) electrons. The van der Waals surface area contributed by atoms with Crippen molar-refractivity contribution in [1.82, 2.24) is 0 Å². The minimum absolute atomic E-state index is 0.713. The van der Waals surface area contributed by atoms with E-state index in [0.29, 0.717) is 5.92 Å². The van der Waals surface area contributed by atoms with E-state index in [1.165, 1.54) is 24.8 Å². The molecule has 1 saturated carbocycles. The van der Waals surface area contributed by atoms with Crippen molar-refractivity contribution in [3.8, 4) is 0 Å². The van der Waals surface area contributed by atoms with Gasteiger partial charge in [0, 0.05) is 0 Å². The van der Waals surface area contributed by atoms with Gasteiger partial charge in [-0.2, -0.15) is 0 Å². The Balaban J connectivity index is 1.94. The van der Waals surface area contributed by atoms with Gasteiger partial charge in [-0.05, 0) is 42.6 Å². The summed E-state index contributed by atoms with van der Waals surface area (Å²) in [5, 5.41) is 0. The molecule has 3 atom stereocenters. The molecule has 0 aromatic heterocycles. The van der Waals surface area contributed by atoms with Crippen LogP contribution in [0.4, 0.5) is 0 Å². The van der Waals surface area contributed by atoms with Gasteiger partial charge in [0.1, 0.15) is 0 Å². The molecule has 0 spiro atoms. The average molecular weight is 266 g/mol. The predicted octanol–water partition coefficient (Wildman–Crippen LogP) is 5.58. The summed E-state index contributed by atoms with van der Waals surface area (Å²) < 4.78 is 0. The van der Waals surface area contributed by atoms with Crippen molar-refractivity contribution in [2.45, 2.75) is 33.1 Å². The number of rotatable bonds is 5. The monoisotopic (exact) mass is 266 g/mol. The van der Waals surface area contributed by atoms with Crippen molar-refractivity contribution in [2.75, 3.05) is 0 Å². The van der Waals surface area contributed by atoms with Crippen molar-refractivity contribution in [1.29, 1.82) is 0 Å². The molecule has 0 amide bonds. The molecule has 0 bridgehead atoms. The molecular weight excluding hydrogens is 240 g/mol. The van der Waals surface area contributed by atoms with Crippen LogP contribution in [-0.2, 0) is 6.42 Å². The van der Waals surface area contributed by atoms with E-state index in [1.54, 1.807) is 5.57 Å². The van der Waals surface area contributed by atoms with Gasteiger partial charge in [0.2, 0.25) is 0 Å².